The number of amides is 2. The summed E-state index contributed by atoms with van der Waals surface area (Å²) < 4.78 is 27.1. The van der Waals surface area contributed by atoms with Crippen LogP contribution in [0.5, 0.6) is 0 Å². The quantitative estimate of drug-likeness (QED) is 0.670. The average molecular weight is 381 g/mol. The molecule has 1 fully saturated rings. The first-order valence-electron chi connectivity index (χ1n) is 8.06. The number of aromatic nitrogens is 2. The summed E-state index contributed by atoms with van der Waals surface area (Å²) in [6.07, 6.45) is 2.85. The predicted octanol–water partition coefficient (Wildman–Crippen LogP) is 0.0535. The van der Waals surface area contributed by atoms with Crippen molar-refractivity contribution in [1.29, 1.82) is 0 Å². The number of urea groups is 1. The Balaban J connectivity index is 1.64. The highest BCUT2D eigenvalue weighted by Gasteiger charge is 2.31. The fourth-order valence-corrected chi connectivity index (χ4v) is 4.38. The Morgan fingerprint density at radius 1 is 1.27 bits per heavy atom. The van der Waals surface area contributed by atoms with Gasteiger partial charge in [0, 0.05) is 50.5 Å². The molecule has 1 aliphatic rings. The fourth-order valence-electron chi connectivity index (χ4n) is 2.80. The first kappa shape index (κ1) is 18.1. The number of sulfonamides is 1. The fraction of sp³-hybridized carbons (Fsp3) is 0.400. The maximum absolute atomic E-state index is 12.9. The number of piperazine rings is 1. The van der Waals surface area contributed by atoms with E-state index in [9.17, 15) is 18.0 Å². The highest BCUT2D eigenvalue weighted by molar-refractivity contribution is 7.89. The first-order valence-corrected chi connectivity index (χ1v) is 9.50. The molecule has 2 amide bonds. The summed E-state index contributed by atoms with van der Waals surface area (Å²) in [5.41, 5.74) is 0.502. The van der Waals surface area contributed by atoms with Crippen LogP contribution in [0, 0.1) is 0 Å². The molecule has 3 N–H and O–H groups in total. The van der Waals surface area contributed by atoms with E-state index >= 15 is 0 Å². The van der Waals surface area contributed by atoms with Crippen LogP contribution in [0.1, 0.15) is 6.42 Å². The lowest BCUT2D eigenvalue weighted by Gasteiger charge is -2.33. The van der Waals surface area contributed by atoms with E-state index in [0.29, 0.717) is 11.0 Å². The molecule has 0 saturated carbocycles. The van der Waals surface area contributed by atoms with Gasteiger partial charge in [0.2, 0.25) is 10.0 Å². The Labute approximate surface area is 149 Å². The predicted molar refractivity (Wildman–Crippen MR) is 92.1 cm³/mol. The first-order chi connectivity index (χ1) is 12.4. The zero-order valence-electron chi connectivity index (χ0n) is 13.9. The standard InChI is InChI=1S/C15H19N5O5S/c21-13(22)3-5-17-15(23)19-6-8-20(9-7-19)26(24,25)12-10-18-14-11(12)2-1-4-16-14/h1-2,4,10H,3,5-9H2,(H,16,18)(H,17,23)(H,21,22). The molecular formula is C15H19N5O5S. The third-order valence-electron chi connectivity index (χ3n) is 4.17. The van der Waals surface area contributed by atoms with Gasteiger partial charge in [-0.25, -0.2) is 18.2 Å². The molecule has 0 atom stereocenters. The molecule has 0 aromatic carbocycles. The second kappa shape index (κ2) is 7.30. The Hall–Kier alpha value is -2.66. The van der Waals surface area contributed by atoms with Gasteiger partial charge in [0.25, 0.3) is 0 Å². The van der Waals surface area contributed by atoms with Gasteiger partial charge in [0.1, 0.15) is 10.5 Å². The molecule has 3 rings (SSSR count). The van der Waals surface area contributed by atoms with Gasteiger partial charge < -0.3 is 20.3 Å². The summed E-state index contributed by atoms with van der Waals surface area (Å²) in [6.45, 7) is 0.843. The number of carboxylic acid groups (broad SMARTS) is 1. The minimum Gasteiger partial charge on any atom is -0.481 e. The molecule has 11 heteroatoms. The minimum atomic E-state index is -3.70. The van der Waals surface area contributed by atoms with E-state index < -0.39 is 16.0 Å². The van der Waals surface area contributed by atoms with E-state index in [2.05, 4.69) is 15.3 Å². The monoisotopic (exact) mass is 381 g/mol. The molecule has 0 spiro atoms. The summed E-state index contributed by atoms with van der Waals surface area (Å²) in [5.74, 6) is -0.991. The maximum Gasteiger partial charge on any atom is 0.317 e. The van der Waals surface area contributed by atoms with Crippen LogP contribution in [0.15, 0.2) is 29.4 Å². The number of nitrogens with zero attached hydrogens (tertiary/aromatic N) is 3. The molecule has 3 heterocycles. The molecule has 0 bridgehead atoms. The van der Waals surface area contributed by atoms with Gasteiger partial charge in [-0.1, -0.05) is 0 Å². The normalized spacial score (nSPS) is 15.9. The van der Waals surface area contributed by atoms with E-state index in [0.717, 1.165) is 0 Å². The molecule has 26 heavy (non-hydrogen) atoms. The van der Waals surface area contributed by atoms with Crippen LogP contribution in [0.25, 0.3) is 11.0 Å². The number of aliphatic carboxylic acids is 1. The van der Waals surface area contributed by atoms with Crippen molar-refractivity contribution in [3.63, 3.8) is 0 Å². The van der Waals surface area contributed by atoms with Crippen molar-refractivity contribution in [2.75, 3.05) is 32.7 Å². The van der Waals surface area contributed by atoms with Crippen molar-refractivity contribution in [2.24, 2.45) is 0 Å². The molecule has 140 valence electrons. The van der Waals surface area contributed by atoms with Gasteiger partial charge >= 0.3 is 12.0 Å². The summed E-state index contributed by atoms with van der Waals surface area (Å²) in [7, 11) is -3.70. The lowest BCUT2D eigenvalue weighted by molar-refractivity contribution is -0.136. The van der Waals surface area contributed by atoms with Gasteiger partial charge in [-0.3, -0.25) is 4.79 Å². The average Bonchev–Trinajstić information content (AvgIpc) is 3.06. The molecular weight excluding hydrogens is 362 g/mol. The smallest absolute Gasteiger partial charge is 0.317 e. The molecule has 1 aliphatic heterocycles. The lowest BCUT2D eigenvalue weighted by atomic mass is 10.3. The van der Waals surface area contributed by atoms with Gasteiger partial charge in [-0.05, 0) is 12.1 Å². The molecule has 0 unspecified atom stereocenters. The third-order valence-corrected chi connectivity index (χ3v) is 6.11. The Morgan fingerprint density at radius 3 is 2.69 bits per heavy atom. The van der Waals surface area contributed by atoms with Crippen LogP contribution < -0.4 is 5.32 Å². The number of H-pyrrole nitrogens is 1. The number of hydrogen-bond acceptors (Lipinski definition) is 5. The minimum absolute atomic E-state index is 0.0367. The van der Waals surface area contributed by atoms with Gasteiger partial charge in [-0.2, -0.15) is 4.31 Å². The zero-order valence-corrected chi connectivity index (χ0v) is 14.7. The lowest BCUT2D eigenvalue weighted by Crippen LogP contribution is -2.53. The van der Waals surface area contributed by atoms with Gasteiger partial charge in [-0.15, -0.1) is 0 Å². The van der Waals surface area contributed by atoms with E-state index in [-0.39, 0.29) is 50.1 Å². The number of fused-ring (bicyclic) bond motifs is 1. The van der Waals surface area contributed by atoms with Crippen LogP contribution in [0.3, 0.4) is 0 Å². The summed E-state index contributed by atoms with van der Waals surface area (Å²) in [4.78, 5) is 31.0. The third kappa shape index (κ3) is 3.63. The van der Waals surface area contributed by atoms with E-state index in [1.54, 1.807) is 18.3 Å². The van der Waals surface area contributed by atoms with Crippen LogP contribution in [-0.2, 0) is 14.8 Å². The number of carbonyl (C=O) groups excluding carboxylic acids is 1. The van der Waals surface area contributed by atoms with Crippen molar-refractivity contribution < 1.29 is 23.1 Å². The van der Waals surface area contributed by atoms with Crippen molar-refractivity contribution >= 4 is 33.1 Å². The molecule has 1 saturated heterocycles. The van der Waals surface area contributed by atoms with E-state index in [4.69, 9.17) is 5.11 Å². The number of pyridine rings is 1. The van der Waals surface area contributed by atoms with Crippen molar-refractivity contribution in [1.82, 2.24) is 24.5 Å². The number of nitrogens with one attached hydrogen (secondary N) is 2. The molecule has 10 nitrogen and oxygen atoms in total. The van der Waals surface area contributed by atoms with Crippen molar-refractivity contribution in [2.45, 2.75) is 11.3 Å². The number of carbonyl (C=O) groups is 2. The Morgan fingerprint density at radius 2 is 2.00 bits per heavy atom. The Bertz CT molecular complexity index is 917. The van der Waals surface area contributed by atoms with Gasteiger partial charge in [0.05, 0.1) is 6.42 Å². The number of rotatable bonds is 5. The van der Waals surface area contributed by atoms with E-state index in [1.807, 2.05) is 0 Å². The second-order valence-electron chi connectivity index (χ2n) is 5.82. The topological polar surface area (TPSA) is 136 Å². The van der Waals surface area contributed by atoms with Gasteiger partial charge in [0.15, 0.2) is 0 Å². The zero-order chi connectivity index (χ0) is 18.7. The summed E-state index contributed by atoms with van der Waals surface area (Å²) in [5, 5.41) is 11.6. The van der Waals surface area contributed by atoms with Crippen LogP contribution >= 0.6 is 0 Å². The summed E-state index contributed by atoms with van der Waals surface area (Å²) >= 11 is 0. The van der Waals surface area contributed by atoms with Crippen LogP contribution in [0.4, 0.5) is 4.79 Å². The van der Waals surface area contributed by atoms with Crippen LogP contribution in [-0.4, -0.2) is 77.4 Å². The number of carboxylic acids is 1. The Kier molecular flexibility index (Phi) is 5.09. The molecule has 0 aliphatic carbocycles. The van der Waals surface area contributed by atoms with Crippen molar-refractivity contribution in [3.8, 4) is 0 Å². The molecule has 2 aromatic heterocycles. The number of aromatic amines is 1. The molecule has 2 aromatic rings. The SMILES string of the molecule is O=C(O)CCNC(=O)N1CCN(S(=O)(=O)c2c[nH]c3ncccc23)CC1. The van der Waals surface area contributed by atoms with Crippen molar-refractivity contribution in [3.05, 3.63) is 24.5 Å². The van der Waals surface area contributed by atoms with Crippen LogP contribution in [0.2, 0.25) is 0 Å². The second-order valence-corrected chi connectivity index (χ2v) is 7.73. The number of hydrogen-bond donors (Lipinski definition) is 3. The summed E-state index contributed by atoms with van der Waals surface area (Å²) in [6, 6.07) is 2.98. The largest absolute Gasteiger partial charge is 0.481 e. The van der Waals surface area contributed by atoms with E-state index in [1.165, 1.54) is 15.4 Å². The maximum atomic E-state index is 12.9. The molecule has 0 radical (unpaired) electrons. The highest BCUT2D eigenvalue weighted by atomic mass is 32.2. The highest BCUT2D eigenvalue weighted by Crippen LogP contribution is 2.25.